The van der Waals surface area contributed by atoms with Gasteiger partial charge < -0.3 is 10.6 Å². The van der Waals surface area contributed by atoms with Gasteiger partial charge in [-0.25, -0.2) is 0 Å². The molecule has 78 valence electrons. The van der Waals surface area contributed by atoms with Gasteiger partial charge >= 0.3 is 0 Å². The van der Waals surface area contributed by atoms with Crippen molar-refractivity contribution < 1.29 is 4.79 Å². The van der Waals surface area contributed by atoms with Crippen molar-refractivity contribution >= 4 is 11.6 Å². The van der Waals surface area contributed by atoms with E-state index in [0.29, 0.717) is 0 Å². The molecule has 0 atom stereocenters. The van der Waals surface area contributed by atoms with Crippen LogP contribution in [0.4, 0.5) is 5.69 Å². The number of hydrogen-bond acceptors (Lipinski definition) is 2. The van der Waals surface area contributed by atoms with Crippen molar-refractivity contribution in [2.75, 3.05) is 12.4 Å². The minimum atomic E-state index is -0.279. The molecule has 0 bridgehead atoms. The Bertz CT molecular complexity index is 402. The van der Waals surface area contributed by atoms with Crippen molar-refractivity contribution in [2.45, 2.75) is 13.5 Å². The first kappa shape index (κ1) is 11.3. The molecule has 0 saturated carbocycles. The Morgan fingerprint density at radius 2 is 2.27 bits per heavy atom. The van der Waals surface area contributed by atoms with Crippen LogP contribution in [0.25, 0.3) is 0 Å². The molecule has 1 aromatic rings. The number of benzene rings is 1. The van der Waals surface area contributed by atoms with E-state index in [1.165, 1.54) is 0 Å². The topological polar surface area (TPSA) is 41.1 Å². The molecule has 0 heterocycles. The zero-order chi connectivity index (χ0) is 11.1. The van der Waals surface area contributed by atoms with Crippen LogP contribution in [0.2, 0.25) is 0 Å². The number of hydrogen-bond donors (Lipinski definition) is 2. The Morgan fingerprint density at radius 3 is 2.93 bits per heavy atom. The highest BCUT2D eigenvalue weighted by Gasteiger charge is 1.98. The quantitative estimate of drug-likeness (QED) is 0.727. The van der Waals surface area contributed by atoms with Crippen molar-refractivity contribution in [2.24, 2.45) is 0 Å². The summed E-state index contributed by atoms with van der Waals surface area (Å²) >= 11 is 0. The lowest BCUT2D eigenvalue weighted by Crippen LogP contribution is -2.09. The maximum atomic E-state index is 11.2. The third kappa shape index (κ3) is 3.84. The van der Waals surface area contributed by atoms with Gasteiger partial charge in [0, 0.05) is 12.2 Å². The predicted molar refractivity (Wildman–Crippen MR) is 61.3 cm³/mol. The van der Waals surface area contributed by atoms with Crippen LogP contribution in [0.5, 0.6) is 0 Å². The highest BCUT2D eigenvalue weighted by molar-refractivity contribution is 6.03. The molecule has 0 saturated heterocycles. The number of nitrogens with one attached hydrogen (secondary N) is 2. The fraction of sp³-hybridized carbons (Fsp3) is 0.250. The molecular formula is C12H14N2O. The molecule has 1 aromatic carbocycles. The van der Waals surface area contributed by atoms with E-state index in [4.69, 9.17) is 0 Å². The van der Waals surface area contributed by atoms with E-state index >= 15 is 0 Å². The van der Waals surface area contributed by atoms with E-state index in [-0.39, 0.29) is 5.91 Å². The second kappa shape index (κ2) is 5.84. The lowest BCUT2D eigenvalue weighted by molar-refractivity contribution is -0.111. The van der Waals surface area contributed by atoms with Crippen LogP contribution in [0, 0.1) is 11.8 Å². The number of carbonyl (C=O) groups is 1. The SMILES string of the molecule is CC#CC(=O)Nc1cccc(CNC)c1. The highest BCUT2D eigenvalue weighted by atomic mass is 16.1. The summed E-state index contributed by atoms with van der Waals surface area (Å²) < 4.78 is 0. The smallest absolute Gasteiger partial charge is 0.300 e. The van der Waals surface area contributed by atoms with Crippen molar-refractivity contribution in [3.63, 3.8) is 0 Å². The number of rotatable bonds is 3. The fourth-order valence-corrected chi connectivity index (χ4v) is 1.24. The molecule has 0 aliphatic carbocycles. The van der Waals surface area contributed by atoms with Crippen molar-refractivity contribution in [3.05, 3.63) is 29.8 Å². The fourth-order valence-electron chi connectivity index (χ4n) is 1.24. The summed E-state index contributed by atoms with van der Waals surface area (Å²) in [5, 5.41) is 5.75. The van der Waals surface area contributed by atoms with E-state index in [2.05, 4.69) is 22.5 Å². The number of anilines is 1. The molecule has 0 aliphatic rings. The van der Waals surface area contributed by atoms with Gasteiger partial charge in [0.2, 0.25) is 0 Å². The maximum Gasteiger partial charge on any atom is 0.300 e. The molecule has 2 N–H and O–H groups in total. The van der Waals surface area contributed by atoms with Gasteiger partial charge in [0.15, 0.2) is 0 Å². The number of amides is 1. The van der Waals surface area contributed by atoms with Gasteiger partial charge in [0.25, 0.3) is 5.91 Å². The van der Waals surface area contributed by atoms with Crippen LogP contribution < -0.4 is 10.6 Å². The van der Waals surface area contributed by atoms with Crippen LogP contribution in [-0.2, 0) is 11.3 Å². The monoisotopic (exact) mass is 202 g/mol. The molecule has 0 aromatic heterocycles. The van der Waals surface area contributed by atoms with E-state index < -0.39 is 0 Å². The Labute approximate surface area is 89.9 Å². The molecule has 3 heteroatoms. The predicted octanol–water partition coefficient (Wildman–Crippen LogP) is 1.37. The summed E-state index contributed by atoms with van der Waals surface area (Å²) in [7, 11) is 1.88. The van der Waals surface area contributed by atoms with Crippen LogP contribution in [0.15, 0.2) is 24.3 Å². The minimum absolute atomic E-state index is 0.279. The summed E-state index contributed by atoms with van der Waals surface area (Å²) in [6.07, 6.45) is 0. The zero-order valence-corrected chi connectivity index (χ0v) is 8.92. The molecule has 1 rings (SSSR count). The maximum absolute atomic E-state index is 11.2. The standard InChI is InChI=1S/C12H14N2O/c1-3-5-12(15)14-11-7-4-6-10(8-11)9-13-2/h4,6-8,13H,9H2,1-2H3,(H,14,15). The lowest BCUT2D eigenvalue weighted by Gasteiger charge is -2.04. The van der Waals surface area contributed by atoms with Gasteiger partial charge in [-0.2, -0.15) is 0 Å². The van der Waals surface area contributed by atoms with Gasteiger partial charge in [-0.3, -0.25) is 4.79 Å². The van der Waals surface area contributed by atoms with E-state index in [0.717, 1.165) is 17.8 Å². The number of carbonyl (C=O) groups excluding carboxylic acids is 1. The van der Waals surface area contributed by atoms with Crippen LogP contribution >= 0.6 is 0 Å². The average molecular weight is 202 g/mol. The van der Waals surface area contributed by atoms with Crippen LogP contribution in [0.1, 0.15) is 12.5 Å². The molecule has 0 fully saturated rings. The second-order valence-electron chi connectivity index (χ2n) is 3.06. The molecule has 3 nitrogen and oxygen atoms in total. The Balaban J connectivity index is 2.71. The normalized spacial score (nSPS) is 8.93. The Kier molecular flexibility index (Phi) is 4.39. The Hall–Kier alpha value is -1.79. The summed E-state index contributed by atoms with van der Waals surface area (Å²) in [4.78, 5) is 11.2. The lowest BCUT2D eigenvalue weighted by atomic mass is 10.2. The molecule has 0 aliphatic heterocycles. The van der Waals surface area contributed by atoms with E-state index in [1.807, 2.05) is 31.3 Å². The van der Waals surface area contributed by atoms with Crippen molar-refractivity contribution in [1.29, 1.82) is 0 Å². The summed E-state index contributed by atoms with van der Waals surface area (Å²) in [6, 6.07) is 7.67. The first-order valence-corrected chi connectivity index (χ1v) is 4.73. The van der Waals surface area contributed by atoms with Gasteiger partial charge in [-0.15, -0.1) is 0 Å². The minimum Gasteiger partial charge on any atom is -0.316 e. The van der Waals surface area contributed by atoms with Crippen molar-refractivity contribution in [3.8, 4) is 11.8 Å². The highest BCUT2D eigenvalue weighted by Crippen LogP contribution is 2.09. The molecular weight excluding hydrogens is 188 g/mol. The molecule has 0 radical (unpaired) electrons. The summed E-state index contributed by atoms with van der Waals surface area (Å²) in [6.45, 7) is 2.42. The summed E-state index contributed by atoms with van der Waals surface area (Å²) in [5.74, 6) is 4.70. The first-order chi connectivity index (χ1) is 7.26. The van der Waals surface area contributed by atoms with E-state index in [9.17, 15) is 4.79 Å². The molecule has 0 unspecified atom stereocenters. The van der Waals surface area contributed by atoms with Gasteiger partial charge in [-0.05, 0) is 37.6 Å². The second-order valence-corrected chi connectivity index (χ2v) is 3.06. The average Bonchev–Trinajstić information content (AvgIpc) is 2.19. The van der Waals surface area contributed by atoms with Crippen molar-refractivity contribution in [1.82, 2.24) is 5.32 Å². The molecule has 15 heavy (non-hydrogen) atoms. The van der Waals surface area contributed by atoms with Gasteiger partial charge in [-0.1, -0.05) is 18.1 Å². The third-order valence-electron chi connectivity index (χ3n) is 1.80. The Morgan fingerprint density at radius 1 is 1.47 bits per heavy atom. The molecule has 0 spiro atoms. The summed E-state index contributed by atoms with van der Waals surface area (Å²) in [5.41, 5.74) is 1.90. The van der Waals surface area contributed by atoms with E-state index in [1.54, 1.807) is 6.92 Å². The molecule has 1 amide bonds. The van der Waals surface area contributed by atoms with Crippen LogP contribution in [0.3, 0.4) is 0 Å². The zero-order valence-electron chi connectivity index (χ0n) is 8.92. The largest absolute Gasteiger partial charge is 0.316 e. The van der Waals surface area contributed by atoms with Gasteiger partial charge in [0.05, 0.1) is 0 Å². The van der Waals surface area contributed by atoms with Crippen LogP contribution in [-0.4, -0.2) is 13.0 Å². The third-order valence-corrected chi connectivity index (χ3v) is 1.80. The first-order valence-electron chi connectivity index (χ1n) is 4.73. The van der Waals surface area contributed by atoms with Gasteiger partial charge in [0.1, 0.15) is 0 Å².